The van der Waals surface area contributed by atoms with Crippen LogP contribution in [-0.4, -0.2) is 45.4 Å². The maximum absolute atomic E-state index is 11.2. The minimum atomic E-state index is -0.358. The Labute approximate surface area is 139 Å². The zero-order chi connectivity index (χ0) is 16.2. The molecule has 23 heavy (non-hydrogen) atoms. The van der Waals surface area contributed by atoms with Gasteiger partial charge in [0.05, 0.1) is 18.7 Å². The van der Waals surface area contributed by atoms with Crippen LogP contribution >= 0.6 is 11.3 Å². The van der Waals surface area contributed by atoms with Crippen LogP contribution in [0.25, 0.3) is 0 Å². The molecule has 7 heteroatoms. The first kappa shape index (κ1) is 16.2. The molecule has 1 aliphatic rings. The first-order valence-corrected chi connectivity index (χ1v) is 8.77. The van der Waals surface area contributed by atoms with E-state index >= 15 is 0 Å². The van der Waals surface area contributed by atoms with Crippen molar-refractivity contribution in [3.8, 4) is 0 Å². The van der Waals surface area contributed by atoms with Crippen molar-refractivity contribution in [2.75, 3.05) is 19.7 Å². The van der Waals surface area contributed by atoms with Gasteiger partial charge in [0.15, 0.2) is 0 Å². The molecule has 0 saturated carbocycles. The van der Waals surface area contributed by atoms with Gasteiger partial charge < -0.3 is 10.8 Å². The number of carbonyl (C=O) groups is 1. The molecular weight excluding hydrogens is 312 g/mol. The van der Waals surface area contributed by atoms with Gasteiger partial charge in [0.2, 0.25) is 5.91 Å². The van der Waals surface area contributed by atoms with Crippen molar-refractivity contribution in [3.05, 3.63) is 39.8 Å². The third kappa shape index (κ3) is 3.80. The molecule has 124 valence electrons. The van der Waals surface area contributed by atoms with Crippen molar-refractivity contribution in [1.82, 2.24) is 14.7 Å². The summed E-state index contributed by atoms with van der Waals surface area (Å²) in [5.74, 6) is 0.146. The van der Waals surface area contributed by atoms with E-state index in [4.69, 9.17) is 10.8 Å². The second kappa shape index (κ2) is 7.25. The van der Waals surface area contributed by atoms with Crippen LogP contribution in [0, 0.1) is 0 Å². The Kier molecular flexibility index (Phi) is 5.09. The van der Waals surface area contributed by atoms with Gasteiger partial charge in [0.1, 0.15) is 0 Å². The number of hydrogen-bond acceptors (Lipinski definition) is 5. The molecule has 3 heterocycles. The second-order valence-electron chi connectivity index (χ2n) is 5.92. The van der Waals surface area contributed by atoms with Crippen molar-refractivity contribution in [1.29, 1.82) is 0 Å². The molecule has 3 rings (SSSR count). The van der Waals surface area contributed by atoms with Crippen LogP contribution in [0.1, 0.15) is 39.7 Å². The van der Waals surface area contributed by atoms with Crippen LogP contribution < -0.4 is 5.73 Å². The lowest BCUT2D eigenvalue weighted by atomic mass is 9.93. The number of amides is 1. The number of primary amides is 1. The van der Waals surface area contributed by atoms with E-state index in [1.54, 1.807) is 11.3 Å². The normalized spacial score (nSPS) is 16.7. The summed E-state index contributed by atoms with van der Waals surface area (Å²) in [5.41, 5.74) is 7.13. The molecule has 0 spiro atoms. The summed E-state index contributed by atoms with van der Waals surface area (Å²) >= 11 is 1.59. The highest BCUT2D eigenvalue weighted by Gasteiger charge is 2.23. The largest absolute Gasteiger partial charge is 0.394 e. The Morgan fingerprint density at radius 1 is 1.43 bits per heavy atom. The molecule has 1 amide bonds. The van der Waals surface area contributed by atoms with Crippen molar-refractivity contribution in [3.63, 3.8) is 0 Å². The van der Waals surface area contributed by atoms with Crippen LogP contribution in [0.2, 0.25) is 0 Å². The molecule has 0 bridgehead atoms. The Morgan fingerprint density at radius 2 is 2.22 bits per heavy atom. The molecular formula is C16H22N4O2S. The van der Waals surface area contributed by atoms with E-state index in [-0.39, 0.29) is 12.5 Å². The summed E-state index contributed by atoms with van der Waals surface area (Å²) in [4.78, 5) is 14.8. The molecule has 1 aliphatic heterocycles. The average Bonchev–Trinajstić information content (AvgIpc) is 3.18. The molecule has 0 aromatic carbocycles. The highest BCUT2D eigenvalue weighted by atomic mass is 32.1. The summed E-state index contributed by atoms with van der Waals surface area (Å²) in [5, 5.41) is 15.2. The molecule has 0 aliphatic carbocycles. The van der Waals surface area contributed by atoms with Gasteiger partial charge in [-0.3, -0.25) is 14.4 Å². The van der Waals surface area contributed by atoms with Gasteiger partial charge in [0.25, 0.3) is 0 Å². The van der Waals surface area contributed by atoms with Gasteiger partial charge in [-0.1, -0.05) is 0 Å². The van der Waals surface area contributed by atoms with E-state index in [1.807, 2.05) is 22.3 Å². The van der Waals surface area contributed by atoms with E-state index in [9.17, 15) is 4.79 Å². The van der Waals surface area contributed by atoms with Crippen LogP contribution in [-0.2, 0) is 13.1 Å². The van der Waals surface area contributed by atoms with Gasteiger partial charge in [-0.25, -0.2) is 0 Å². The first-order valence-electron chi connectivity index (χ1n) is 7.89. The second-order valence-corrected chi connectivity index (χ2v) is 6.91. The molecule has 1 fully saturated rings. The average molecular weight is 334 g/mol. The Morgan fingerprint density at radius 3 is 2.87 bits per heavy atom. The summed E-state index contributed by atoms with van der Waals surface area (Å²) in [6.07, 6.45) is 3.99. The fourth-order valence-electron chi connectivity index (χ4n) is 3.17. The van der Waals surface area contributed by atoms with E-state index in [0.29, 0.717) is 18.0 Å². The molecule has 2 aromatic rings. The zero-order valence-corrected chi connectivity index (χ0v) is 13.8. The van der Waals surface area contributed by atoms with Crippen molar-refractivity contribution >= 4 is 17.2 Å². The molecule has 2 aromatic heterocycles. The summed E-state index contributed by atoms with van der Waals surface area (Å²) in [6.45, 7) is 3.61. The SMILES string of the molecule is NC(=O)c1csc(CN2CCC(c3ccnn3CCO)CC2)c1. The van der Waals surface area contributed by atoms with Crippen molar-refractivity contribution in [2.24, 2.45) is 5.73 Å². The first-order chi connectivity index (χ1) is 11.2. The Bertz CT molecular complexity index is 659. The molecule has 3 N–H and O–H groups in total. The number of aromatic nitrogens is 2. The maximum Gasteiger partial charge on any atom is 0.249 e. The number of piperidine rings is 1. The number of nitrogens with zero attached hydrogens (tertiary/aromatic N) is 3. The number of thiophene rings is 1. The Hall–Kier alpha value is -1.70. The Balaban J connectivity index is 1.55. The van der Waals surface area contributed by atoms with E-state index in [2.05, 4.69) is 16.1 Å². The van der Waals surface area contributed by atoms with Gasteiger partial charge in [-0.2, -0.15) is 5.10 Å². The summed E-state index contributed by atoms with van der Waals surface area (Å²) in [7, 11) is 0. The maximum atomic E-state index is 11.2. The van der Waals surface area contributed by atoms with Crippen molar-refractivity contribution < 1.29 is 9.90 Å². The standard InChI is InChI=1S/C16H22N4O2S/c17-16(22)13-9-14(23-11-13)10-19-5-2-12(3-6-19)15-1-4-18-20(15)7-8-21/h1,4,9,11-12,21H,2-3,5-8,10H2,(H2,17,22). The van der Waals surface area contributed by atoms with E-state index in [0.717, 1.165) is 32.5 Å². The summed E-state index contributed by atoms with van der Waals surface area (Å²) in [6, 6.07) is 3.96. The smallest absolute Gasteiger partial charge is 0.249 e. The number of aliphatic hydroxyl groups excluding tert-OH is 1. The number of aliphatic hydroxyl groups is 1. The van der Waals surface area contributed by atoms with Crippen molar-refractivity contribution in [2.45, 2.75) is 31.8 Å². The molecule has 0 radical (unpaired) electrons. The lowest BCUT2D eigenvalue weighted by Gasteiger charge is -2.31. The summed E-state index contributed by atoms with van der Waals surface area (Å²) < 4.78 is 1.92. The quantitative estimate of drug-likeness (QED) is 0.837. The third-order valence-electron chi connectivity index (χ3n) is 4.38. The third-order valence-corrected chi connectivity index (χ3v) is 5.31. The highest BCUT2D eigenvalue weighted by molar-refractivity contribution is 7.10. The van der Waals surface area contributed by atoms with Gasteiger partial charge in [-0.05, 0) is 38.1 Å². The zero-order valence-electron chi connectivity index (χ0n) is 13.0. The van der Waals surface area contributed by atoms with Gasteiger partial charge in [0, 0.05) is 34.6 Å². The lowest BCUT2D eigenvalue weighted by molar-refractivity contribution is 0.100. The molecule has 0 unspecified atom stereocenters. The predicted octanol–water partition coefficient (Wildman–Crippen LogP) is 1.42. The lowest BCUT2D eigenvalue weighted by Crippen LogP contribution is -2.33. The predicted molar refractivity (Wildman–Crippen MR) is 89.4 cm³/mol. The van der Waals surface area contributed by atoms with E-state index in [1.165, 1.54) is 10.6 Å². The minimum Gasteiger partial charge on any atom is -0.394 e. The topological polar surface area (TPSA) is 84.4 Å². The van der Waals surface area contributed by atoms with Gasteiger partial charge >= 0.3 is 0 Å². The fraction of sp³-hybridized carbons (Fsp3) is 0.500. The molecule has 1 saturated heterocycles. The number of carbonyl (C=O) groups excluding carboxylic acids is 1. The highest BCUT2D eigenvalue weighted by Crippen LogP contribution is 2.29. The number of nitrogens with two attached hydrogens (primary N) is 1. The number of likely N-dealkylation sites (tertiary alicyclic amines) is 1. The van der Waals surface area contributed by atoms with Crippen LogP contribution in [0.3, 0.4) is 0 Å². The molecule has 0 atom stereocenters. The number of rotatable bonds is 6. The van der Waals surface area contributed by atoms with Gasteiger partial charge in [-0.15, -0.1) is 11.3 Å². The fourth-order valence-corrected chi connectivity index (χ4v) is 4.09. The monoisotopic (exact) mass is 334 g/mol. The van der Waals surface area contributed by atoms with Crippen LogP contribution in [0.15, 0.2) is 23.7 Å². The van der Waals surface area contributed by atoms with Crippen LogP contribution in [0.4, 0.5) is 0 Å². The van der Waals surface area contributed by atoms with E-state index < -0.39 is 0 Å². The number of hydrogen-bond donors (Lipinski definition) is 2. The molecule has 6 nitrogen and oxygen atoms in total. The minimum absolute atomic E-state index is 0.119. The van der Waals surface area contributed by atoms with Crippen LogP contribution in [0.5, 0.6) is 0 Å².